The summed E-state index contributed by atoms with van der Waals surface area (Å²) in [7, 11) is -2.54. The van der Waals surface area contributed by atoms with E-state index in [2.05, 4.69) is 5.32 Å². The molecule has 0 aromatic heterocycles. The molecule has 0 aliphatic carbocycles. The first kappa shape index (κ1) is 20.1. The Morgan fingerprint density at radius 2 is 2.08 bits per heavy atom. The largest absolute Gasteiger partial charge is 0.379 e. The van der Waals surface area contributed by atoms with Gasteiger partial charge in [-0.25, -0.2) is 13.6 Å². The molecule has 2 rings (SSSR count). The molecule has 0 radical (unpaired) electrons. The van der Waals surface area contributed by atoms with E-state index in [0.717, 1.165) is 18.9 Å². The Morgan fingerprint density at radius 1 is 1.42 bits per heavy atom. The van der Waals surface area contributed by atoms with Gasteiger partial charge in [-0.05, 0) is 30.9 Å². The molecule has 1 heterocycles. The number of hydrogen-bond donors (Lipinski definition) is 2. The zero-order valence-corrected chi connectivity index (χ0v) is 15.2. The lowest BCUT2D eigenvalue weighted by Crippen LogP contribution is -2.41. The van der Waals surface area contributed by atoms with Crippen LogP contribution < -0.4 is 10.5 Å². The van der Waals surface area contributed by atoms with Gasteiger partial charge in [0.05, 0.1) is 9.82 Å². The molecule has 144 valence electrons. The SMILES string of the molecule is COCC(=O)N1CCC(CNc2ccc(S(N)(=O)=O)cc2[N+](=O)[O-])CC1. The van der Waals surface area contributed by atoms with Gasteiger partial charge in [0.15, 0.2) is 0 Å². The fourth-order valence-corrected chi connectivity index (χ4v) is 3.38. The van der Waals surface area contributed by atoms with Gasteiger partial charge in [0.2, 0.25) is 15.9 Å². The van der Waals surface area contributed by atoms with E-state index < -0.39 is 14.9 Å². The van der Waals surface area contributed by atoms with Crippen LogP contribution in [0.15, 0.2) is 23.1 Å². The van der Waals surface area contributed by atoms with Crippen LogP contribution in [-0.2, 0) is 19.6 Å². The molecule has 11 heteroatoms. The minimum Gasteiger partial charge on any atom is -0.379 e. The van der Waals surface area contributed by atoms with Gasteiger partial charge in [-0.15, -0.1) is 0 Å². The number of nitrogens with one attached hydrogen (secondary N) is 1. The highest BCUT2D eigenvalue weighted by atomic mass is 32.2. The number of sulfonamides is 1. The van der Waals surface area contributed by atoms with Gasteiger partial charge in [0.1, 0.15) is 12.3 Å². The second kappa shape index (κ2) is 8.43. The van der Waals surface area contributed by atoms with Crippen LogP contribution in [0.25, 0.3) is 0 Å². The van der Waals surface area contributed by atoms with E-state index in [4.69, 9.17) is 9.88 Å². The number of nitro benzene ring substituents is 1. The van der Waals surface area contributed by atoms with Crippen molar-refractivity contribution in [1.29, 1.82) is 0 Å². The summed E-state index contributed by atoms with van der Waals surface area (Å²) in [6.45, 7) is 1.77. The zero-order valence-electron chi connectivity index (χ0n) is 14.4. The maximum Gasteiger partial charge on any atom is 0.293 e. The number of carbonyl (C=O) groups is 1. The van der Waals surface area contributed by atoms with Crippen molar-refractivity contribution in [2.24, 2.45) is 11.1 Å². The molecule has 10 nitrogen and oxygen atoms in total. The lowest BCUT2D eigenvalue weighted by atomic mass is 9.96. The van der Waals surface area contributed by atoms with Crippen LogP contribution in [0.5, 0.6) is 0 Å². The van der Waals surface area contributed by atoms with Gasteiger partial charge in [-0.2, -0.15) is 0 Å². The number of nitro groups is 1. The van der Waals surface area contributed by atoms with Crippen molar-refractivity contribution in [3.05, 3.63) is 28.3 Å². The molecule has 0 spiro atoms. The Balaban J connectivity index is 1.98. The number of ether oxygens (including phenoxy) is 1. The second-order valence-corrected chi connectivity index (χ2v) is 7.68. The number of piperidine rings is 1. The van der Waals surface area contributed by atoms with Gasteiger partial charge in [-0.3, -0.25) is 14.9 Å². The summed E-state index contributed by atoms with van der Waals surface area (Å²) in [4.78, 5) is 23.8. The molecule has 0 atom stereocenters. The van der Waals surface area contributed by atoms with E-state index in [0.29, 0.717) is 19.6 Å². The van der Waals surface area contributed by atoms with Gasteiger partial charge in [0.25, 0.3) is 5.69 Å². The Morgan fingerprint density at radius 3 is 2.62 bits per heavy atom. The summed E-state index contributed by atoms with van der Waals surface area (Å²) in [5.74, 6) is 0.201. The number of nitrogens with zero attached hydrogens (tertiary/aromatic N) is 2. The van der Waals surface area contributed by atoms with Crippen LogP contribution in [0.2, 0.25) is 0 Å². The molecule has 0 bridgehead atoms. The van der Waals surface area contributed by atoms with Crippen LogP contribution >= 0.6 is 0 Å². The average molecular weight is 386 g/mol. The zero-order chi connectivity index (χ0) is 19.3. The standard InChI is InChI=1S/C15H22N4O6S/c1-25-10-15(20)18-6-4-11(5-7-18)9-17-13-3-2-12(26(16,23)24)8-14(13)19(21)22/h2-3,8,11,17H,4-7,9-10H2,1H3,(H2,16,23,24). The van der Waals surface area contributed by atoms with E-state index >= 15 is 0 Å². The van der Waals surface area contributed by atoms with Gasteiger partial charge in [0, 0.05) is 32.8 Å². The Hall–Kier alpha value is -2.24. The highest BCUT2D eigenvalue weighted by Gasteiger charge is 2.24. The number of amides is 1. The van der Waals surface area contributed by atoms with Crippen molar-refractivity contribution in [2.45, 2.75) is 17.7 Å². The summed E-state index contributed by atoms with van der Waals surface area (Å²) < 4.78 is 27.5. The molecule has 26 heavy (non-hydrogen) atoms. The number of methoxy groups -OCH3 is 1. The molecular formula is C15H22N4O6S. The van der Waals surface area contributed by atoms with Crippen molar-refractivity contribution in [2.75, 3.05) is 38.7 Å². The monoisotopic (exact) mass is 386 g/mol. The minimum absolute atomic E-state index is 0.0480. The summed E-state index contributed by atoms with van der Waals surface area (Å²) in [5.41, 5.74) is -0.107. The van der Waals surface area contributed by atoms with Crippen molar-refractivity contribution < 1.29 is 22.9 Å². The van der Waals surface area contributed by atoms with Crippen molar-refractivity contribution in [3.63, 3.8) is 0 Å². The number of carbonyl (C=O) groups excluding carboxylic acids is 1. The highest BCUT2D eigenvalue weighted by molar-refractivity contribution is 7.89. The molecule has 1 aromatic rings. The van der Waals surface area contributed by atoms with Gasteiger partial charge >= 0.3 is 0 Å². The van der Waals surface area contributed by atoms with Crippen LogP contribution in [-0.4, -0.2) is 57.5 Å². The lowest BCUT2D eigenvalue weighted by Gasteiger charge is -2.32. The quantitative estimate of drug-likeness (QED) is 0.514. The summed E-state index contributed by atoms with van der Waals surface area (Å²) in [5, 5.41) is 19.2. The normalized spacial score (nSPS) is 15.7. The minimum atomic E-state index is -4.01. The number of rotatable bonds is 7. The lowest BCUT2D eigenvalue weighted by molar-refractivity contribution is -0.384. The fourth-order valence-electron chi connectivity index (χ4n) is 2.84. The molecule has 0 saturated carbocycles. The number of benzene rings is 1. The van der Waals surface area contributed by atoms with Crippen LogP contribution in [0, 0.1) is 16.0 Å². The first-order valence-electron chi connectivity index (χ1n) is 8.04. The maximum absolute atomic E-state index is 11.8. The molecule has 1 aliphatic heterocycles. The number of anilines is 1. The van der Waals surface area contributed by atoms with Crippen LogP contribution in [0.3, 0.4) is 0 Å². The van der Waals surface area contributed by atoms with Gasteiger partial charge in [-0.1, -0.05) is 0 Å². The third-order valence-electron chi connectivity index (χ3n) is 4.31. The Labute approximate surface area is 151 Å². The predicted octanol–water partition coefficient (Wildman–Crippen LogP) is 0.539. The molecule has 1 aromatic carbocycles. The predicted molar refractivity (Wildman–Crippen MR) is 94.1 cm³/mol. The van der Waals surface area contributed by atoms with E-state index in [-0.39, 0.29) is 34.7 Å². The molecule has 3 N–H and O–H groups in total. The third-order valence-corrected chi connectivity index (χ3v) is 5.22. The van der Waals surface area contributed by atoms with E-state index in [1.165, 1.54) is 19.2 Å². The number of nitrogens with two attached hydrogens (primary N) is 1. The van der Waals surface area contributed by atoms with Crippen LogP contribution in [0.1, 0.15) is 12.8 Å². The summed E-state index contributed by atoms with van der Waals surface area (Å²) in [6.07, 6.45) is 1.54. The molecule has 0 unspecified atom stereocenters. The fraction of sp³-hybridized carbons (Fsp3) is 0.533. The van der Waals surface area contributed by atoms with E-state index in [9.17, 15) is 23.3 Å². The van der Waals surface area contributed by atoms with E-state index in [1.807, 2.05) is 0 Å². The van der Waals surface area contributed by atoms with Crippen LogP contribution in [0.4, 0.5) is 11.4 Å². The number of primary sulfonamides is 1. The number of hydrogen-bond acceptors (Lipinski definition) is 7. The van der Waals surface area contributed by atoms with Crippen molar-refractivity contribution in [3.8, 4) is 0 Å². The van der Waals surface area contributed by atoms with Crippen molar-refractivity contribution in [1.82, 2.24) is 4.90 Å². The maximum atomic E-state index is 11.8. The highest BCUT2D eigenvalue weighted by Crippen LogP contribution is 2.28. The third kappa shape index (κ3) is 5.13. The average Bonchev–Trinajstić information content (AvgIpc) is 2.59. The molecular weight excluding hydrogens is 364 g/mol. The topological polar surface area (TPSA) is 145 Å². The number of likely N-dealkylation sites (tertiary alicyclic amines) is 1. The van der Waals surface area contributed by atoms with Gasteiger partial charge < -0.3 is 15.0 Å². The summed E-state index contributed by atoms with van der Waals surface area (Å²) >= 11 is 0. The molecule has 1 saturated heterocycles. The first-order valence-corrected chi connectivity index (χ1v) is 9.59. The molecule has 1 amide bonds. The molecule has 1 aliphatic rings. The Kier molecular flexibility index (Phi) is 6.51. The molecule has 1 fully saturated rings. The van der Waals surface area contributed by atoms with Crippen molar-refractivity contribution >= 4 is 27.3 Å². The summed E-state index contributed by atoms with van der Waals surface area (Å²) in [6, 6.07) is 3.52. The Bertz CT molecular complexity index is 774. The van der Waals surface area contributed by atoms with E-state index in [1.54, 1.807) is 4.90 Å². The first-order chi connectivity index (χ1) is 12.2. The second-order valence-electron chi connectivity index (χ2n) is 6.12. The smallest absolute Gasteiger partial charge is 0.293 e.